The molecule has 0 bridgehead atoms. The number of fused-ring (bicyclic) bond motifs is 1. The fourth-order valence-corrected chi connectivity index (χ4v) is 2.22. The van der Waals surface area contributed by atoms with Crippen molar-refractivity contribution < 1.29 is 5.11 Å². The van der Waals surface area contributed by atoms with Gasteiger partial charge in [0.2, 0.25) is 0 Å². The first-order valence-electron chi connectivity index (χ1n) is 6.51. The van der Waals surface area contributed by atoms with Gasteiger partial charge in [0, 0.05) is 30.7 Å². The molecule has 0 fully saturated rings. The Morgan fingerprint density at radius 2 is 1.65 bits per heavy atom. The number of anilines is 1. The zero-order chi connectivity index (χ0) is 14.1. The van der Waals surface area contributed by atoms with E-state index in [0.717, 1.165) is 22.3 Å². The SMILES string of the molecule is CN(C)c1ccc(-c2ccc3cccc(O)c3n2)cc1. The normalized spacial score (nSPS) is 10.7. The summed E-state index contributed by atoms with van der Waals surface area (Å²) in [5.41, 5.74) is 3.70. The molecule has 0 aliphatic carbocycles. The zero-order valence-electron chi connectivity index (χ0n) is 11.5. The monoisotopic (exact) mass is 264 g/mol. The molecule has 3 aromatic rings. The van der Waals surface area contributed by atoms with Crippen LogP contribution >= 0.6 is 0 Å². The summed E-state index contributed by atoms with van der Waals surface area (Å²) in [6.45, 7) is 0. The van der Waals surface area contributed by atoms with Crippen LogP contribution in [-0.4, -0.2) is 24.2 Å². The Bertz CT molecular complexity index is 749. The first-order valence-corrected chi connectivity index (χ1v) is 6.51. The minimum Gasteiger partial charge on any atom is -0.506 e. The highest BCUT2D eigenvalue weighted by Gasteiger charge is 2.05. The van der Waals surface area contributed by atoms with Gasteiger partial charge in [0.05, 0.1) is 5.69 Å². The number of aromatic nitrogens is 1. The number of benzene rings is 2. The van der Waals surface area contributed by atoms with Crippen LogP contribution in [0.5, 0.6) is 5.75 Å². The van der Waals surface area contributed by atoms with Crippen LogP contribution in [0.2, 0.25) is 0 Å². The fourth-order valence-electron chi connectivity index (χ4n) is 2.22. The Labute approximate surface area is 118 Å². The van der Waals surface area contributed by atoms with Gasteiger partial charge in [-0.2, -0.15) is 0 Å². The summed E-state index contributed by atoms with van der Waals surface area (Å²) in [7, 11) is 4.03. The van der Waals surface area contributed by atoms with E-state index in [1.54, 1.807) is 6.07 Å². The molecule has 0 aliphatic rings. The van der Waals surface area contributed by atoms with Crippen molar-refractivity contribution in [3.05, 3.63) is 54.6 Å². The molecule has 0 unspecified atom stereocenters. The van der Waals surface area contributed by atoms with Gasteiger partial charge >= 0.3 is 0 Å². The summed E-state index contributed by atoms with van der Waals surface area (Å²) in [6.07, 6.45) is 0. The van der Waals surface area contributed by atoms with Crippen molar-refractivity contribution in [2.24, 2.45) is 0 Å². The maximum Gasteiger partial charge on any atom is 0.141 e. The number of nitrogens with zero attached hydrogens (tertiary/aromatic N) is 2. The lowest BCUT2D eigenvalue weighted by atomic mass is 10.1. The van der Waals surface area contributed by atoms with Gasteiger partial charge in [-0.1, -0.05) is 30.3 Å². The molecule has 3 rings (SSSR count). The Balaban J connectivity index is 2.07. The first kappa shape index (κ1) is 12.5. The van der Waals surface area contributed by atoms with Crippen LogP contribution < -0.4 is 4.90 Å². The highest BCUT2D eigenvalue weighted by Crippen LogP contribution is 2.27. The third-order valence-corrected chi connectivity index (χ3v) is 3.38. The molecule has 0 radical (unpaired) electrons. The summed E-state index contributed by atoms with van der Waals surface area (Å²) < 4.78 is 0. The minimum atomic E-state index is 0.217. The summed E-state index contributed by atoms with van der Waals surface area (Å²) in [4.78, 5) is 6.61. The van der Waals surface area contributed by atoms with Gasteiger partial charge < -0.3 is 10.0 Å². The second kappa shape index (κ2) is 4.85. The summed E-state index contributed by atoms with van der Waals surface area (Å²) >= 11 is 0. The van der Waals surface area contributed by atoms with Gasteiger partial charge in [0.25, 0.3) is 0 Å². The van der Waals surface area contributed by atoms with E-state index in [4.69, 9.17) is 0 Å². The predicted octanol–water partition coefficient (Wildman–Crippen LogP) is 3.67. The van der Waals surface area contributed by atoms with Crippen molar-refractivity contribution >= 4 is 16.6 Å². The van der Waals surface area contributed by atoms with E-state index >= 15 is 0 Å². The van der Waals surface area contributed by atoms with Crippen molar-refractivity contribution in [1.29, 1.82) is 0 Å². The van der Waals surface area contributed by atoms with Crippen molar-refractivity contribution in [2.75, 3.05) is 19.0 Å². The zero-order valence-corrected chi connectivity index (χ0v) is 11.5. The molecule has 0 saturated carbocycles. The molecular weight excluding hydrogens is 248 g/mol. The topological polar surface area (TPSA) is 36.4 Å². The van der Waals surface area contributed by atoms with Gasteiger partial charge in [-0.25, -0.2) is 4.98 Å². The molecule has 100 valence electrons. The molecule has 1 N–H and O–H groups in total. The second-order valence-corrected chi connectivity index (χ2v) is 4.99. The molecule has 0 spiro atoms. The number of phenolic OH excluding ortho intramolecular Hbond substituents is 1. The number of rotatable bonds is 2. The van der Waals surface area contributed by atoms with E-state index in [0.29, 0.717) is 5.52 Å². The van der Waals surface area contributed by atoms with Crippen molar-refractivity contribution in [3.63, 3.8) is 0 Å². The molecule has 0 saturated heterocycles. The lowest BCUT2D eigenvalue weighted by Gasteiger charge is -2.12. The number of para-hydroxylation sites is 1. The van der Waals surface area contributed by atoms with Gasteiger partial charge in [-0.05, 0) is 24.3 Å². The van der Waals surface area contributed by atoms with E-state index in [-0.39, 0.29) is 5.75 Å². The Kier molecular flexibility index (Phi) is 3.03. The van der Waals surface area contributed by atoms with Crippen LogP contribution in [0.1, 0.15) is 0 Å². The van der Waals surface area contributed by atoms with Crippen LogP contribution in [0.25, 0.3) is 22.2 Å². The number of aromatic hydroxyl groups is 1. The Hall–Kier alpha value is -2.55. The molecule has 20 heavy (non-hydrogen) atoms. The van der Waals surface area contributed by atoms with E-state index in [2.05, 4.69) is 22.0 Å². The first-order chi connectivity index (χ1) is 9.65. The molecule has 2 aromatic carbocycles. The van der Waals surface area contributed by atoms with E-state index in [1.807, 2.05) is 50.5 Å². The van der Waals surface area contributed by atoms with Crippen molar-refractivity contribution in [2.45, 2.75) is 0 Å². The highest BCUT2D eigenvalue weighted by molar-refractivity contribution is 5.86. The number of pyridine rings is 1. The molecule has 1 aromatic heterocycles. The maximum absolute atomic E-state index is 9.89. The van der Waals surface area contributed by atoms with Crippen LogP contribution in [0.4, 0.5) is 5.69 Å². The van der Waals surface area contributed by atoms with Crippen molar-refractivity contribution in [1.82, 2.24) is 4.98 Å². The number of phenols is 1. The van der Waals surface area contributed by atoms with E-state index in [9.17, 15) is 5.11 Å². The highest BCUT2D eigenvalue weighted by atomic mass is 16.3. The smallest absolute Gasteiger partial charge is 0.141 e. The van der Waals surface area contributed by atoms with Crippen LogP contribution in [-0.2, 0) is 0 Å². The second-order valence-electron chi connectivity index (χ2n) is 4.99. The largest absolute Gasteiger partial charge is 0.506 e. The fraction of sp³-hybridized carbons (Fsp3) is 0.118. The maximum atomic E-state index is 9.89. The average Bonchev–Trinajstić information content (AvgIpc) is 2.47. The molecule has 0 amide bonds. The van der Waals surface area contributed by atoms with Gasteiger partial charge in [0.15, 0.2) is 0 Å². The Morgan fingerprint density at radius 3 is 2.35 bits per heavy atom. The summed E-state index contributed by atoms with van der Waals surface area (Å²) in [5.74, 6) is 0.217. The average molecular weight is 264 g/mol. The molecule has 3 heteroatoms. The van der Waals surface area contributed by atoms with Crippen LogP contribution in [0, 0.1) is 0 Å². The lowest BCUT2D eigenvalue weighted by molar-refractivity contribution is 0.480. The standard InChI is InChI=1S/C17H16N2O/c1-19(2)14-9-6-12(7-10-14)15-11-8-13-4-3-5-16(20)17(13)18-15/h3-11,20H,1-2H3. The minimum absolute atomic E-state index is 0.217. The summed E-state index contributed by atoms with van der Waals surface area (Å²) in [6, 6.07) is 17.6. The van der Waals surface area contributed by atoms with E-state index in [1.165, 1.54) is 0 Å². The lowest BCUT2D eigenvalue weighted by Crippen LogP contribution is -2.07. The van der Waals surface area contributed by atoms with Crippen LogP contribution in [0.3, 0.4) is 0 Å². The van der Waals surface area contributed by atoms with Crippen molar-refractivity contribution in [3.8, 4) is 17.0 Å². The third kappa shape index (κ3) is 2.18. The number of hydrogen-bond donors (Lipinski definition) is 1. The molecule has 3 nitrogen and oxygen atoms in total. The predicted molar refractivity (Wildman–Crippen MR) is 83.2 cm³/mol. The van der Waals surface area contributed by atoms with Gasteiger partial charge in [-0.3, -0.25) is 0 Å². The number of hydrogen-bond acceptors (Lipinski definition) is 3. The van der Waals surface area contributed by atoms with E-state index < -0.39 is 0 Å². The van der Waals surface area contributed by atoms with Crippen LogP contribution in [0.15, 0.2) is 54.6 Å². The molecular formula is C17H16N2O. The molecule has 1 heterocycles. The quantitative estimate of drug-likeness (QED) is 0.767. The van der Waals surface area contributed by atoms with Gasteiger partial charge in [-0.15, -0.1) is 0 Å². The molecule has 0 aliphatic heterocycles. The molecule has 0 atom stereocenters. The van der Waals surface area contributed by atoms with Gasteiger partial charge in [0.1, 0.15) is 11.3 Å². The Morgan fingerprint density at radius 1 is 0.900 bits per heavy atom. The summed E-state index contributed by atoms with van der Waals surface area (Å²) in [5, 5.41) is 10.8. The third-order valence-electron chi connectivity index (χ3n) is 3.38.